The third-order valence-electron chi connectivity index (χ3n) is 6.06. The van der Waals surface area contributed by atoms with Crippen molar-refractivity contribution in [3.63, 3.8) is 0 Å². The summed E-state index contributed by atoms with van der Waals surface area (Å²) in [5.74, 6) is -0.571. The number of aromatic nitrogens is 2. The van der Waals surface area contributed by atoms with Crippen LogP contribution in [0.25, 0.3) is 5.69 Å². The number of hydrogen-bond donors (Lipinski definition) is 1. The lowest BCUT2D eigenvalue weighted by atomic mass is 9.96. The summed E-state index contributed by atoms with van der Waals surface area (Å²) in [6, 6.07) is 6.48. The van der Waals surface area contributed by atoms with Crippen molar-refractivity contribution in [3.05, 3.63) is 47.3 Å². The minimum Gasteiger partial charge on any atom is -0.381 e. The number of aryl methyl sites for hydroxylation is 1. The van der Waals surface area contributed by atoms with E-state index in [-0.39, 0.29) is 24.2 Å². The first kappa shape index (κ1) is 22.8. The predicted molar refractivity (Wildman–Crippen MR) is 111 cm³/mol. The zero-order chi connectivity index (χ0) is 22.7. The number of amides is 1. The molecule has 2 saturated heterocycles. The van der Waals surface area contributed by atoms with Gasteiger partial charge in [0.25, 0.3) is 5.91 Å². The Labute approximate surface area is 184 Å². The summed E-state index contributed by atoms with van der Waals surface area (Å²) in [5, 5.41) is 6.62. The molecule has 0 radical (unpaired) electrons. The second kappa shape index (κ2) is 9.60. The zero-order valence-electron chi connectivity index (χ0n) is 17.9. The molecule has 1 N–H and O–H groups in total. The van der Waals surface area contributed by atoms with Crippen molar-refractivity contribution in [3.8, 4) is 5.69 Å². The van der Waals surface area contributed by atoms with E-state index >= 15 is 0 Å². The van der Waals surface area contributed by atoms with Crippen molar-refractivity contribution in [1.29, 1.82) is 0 Å². The van der Waals surface area contributed by atoms with Gasteiger partial charge in [0.15, 0.2) is 5.69 Å². The first-order valence-corrected chi connectivity index (χ1v) is 10.7. The number of benzene rings is 1. The summed E-state index contributed by atoms with van der Waals surface area (Å²) in [6.07, 6.45) is -2.89. The highest BCUT2D eigenvalue weighted by molar-refractivity contribution is 5.95. The maximum absolute atomic E-state index is 13.9. The molecule has 1 aromatic heterocycles. The van der Waals surface area contributed by atoms with Crippen molar-refractivity contribution in [2.75, 3.05) is 46.1 Å². The van der Waals surface area contributed by atoms with Crippen LogP contribution in [0.2, 0.25) is 0 Å². The van der Waals surface area contributed by atoms with E-state index in [1.54, 1.807) is 24.3 Å². The van der Waals surface area contributed by atoms with E-state index in [0.717, 1.165) is 36.0 Å². The molecule has 1 aromatic carbocycles. The summed E-state index contributed by atoms with van der Waals surface area (Å²) in [7, 11) is 0. The van der Waals surface area contributed by atoms with Crippen LogP contribution in [0, 0.1) is 12.8 Å². The number of nitrogens with one attached hydrogen (secondary N) is 1. The summed E-state index contributed by atoms with van der Waals surface area (Å²) in [5.41, 5.74) is -0.402. The van der Waals surface area contributed by atoms with E-state index in [2.05, 4.69) is 15.3 Å². The van der Waals surface area contributed by atoms with Gasteiger partial charge in [0.2, 0.25) is 0 Å². The second-order valence-corrected chi connectivity index (χ2v) is 8.20. The number of ether oxygens (including phenoxy) is 2. The highest BCUT2D eigenvalue weighted by atomic mass is 19.4. The Kier molecular flexibility index (Phi) is 6.82. The molecule has 2 aromatic rings. The third kappa shape index (κ3) is 4.97. The number of halogens is 3. The van der Waals surface area contributed by atoms with Gasteiger partial charge in [-0.3, -0.25) is 9.69 Å². The minimum absolute atomic E-state index is 0.0215. The quantitative estimate of drug-likeness (QED) is 0.730. The van der Waals surface area contributed by atoms with Gasteiger partial charge in [0, 0.05) is 38.2 Å². The fourth-order valence-corrected chi connectivity index (χ4v) is 4.32. The van der Waals surface area contributed by atoms with Crippen LogP contribution < -0.4 is 5.32 Å². The number of carbonyl (C=O) groups is 1. The number of carbonyl (C=O) groups excluding carboxylic acids is 1. The normalized spacial score (nSPS) is 20.9. The van der Waals surface area contributed by atoms with Crippen LogP contribution >= 0.6 is 0 Å². The third-order valence-corrected chi connectivity index (χ3v) is 6.06. The number of morpholine rings is 1. The summed E-state index contributed by atoms with van der Waals surface area (Å²) in [4.78, 5) is 15.1. The number of hydrogen-bond acceptors (Lipinski definition) is 5. The number of alkyl halides is 3. The van der Waals surface area contributed by atoms with Crippen molar-refractivity contribution in [2.45, 2.75) is 25.6 Å². The van der Waals surface area contributed by atoms with E-state index in [4.69, 9.17) is 9.47 Å². The van der Waals surface area contributed by atoms with Gasteiger partial charge in [-0.2, -0.15) is 18.3 Å². The molecule has 4 rings (SSSR count). The largest absolute Gasteiger partial charge is 0.434 e. The van der Waals surface area contributed by atoms with Gasteiger partial charge in [-0.1, -0.05) is 17.7 Å². The maximum Gasteiger partial charge on any atom is 0.434 e. The summed E-state index contributed by atoms with van der Waals surface area (Å²) < 4.78 is 53.5. The first-order valence-electron chi connectivity index (χ1n) is 10.7. The monoisotopic (exact) mass is 452 g/mol. The molecular weight excluding hydrogens is 425 g/mol. The molecule has 2 atom stereocenters. The Hall–Kier alpha value is -2.43. The number of nitrogens with zero attached hydrogens (tertiary/aromatic N) is 3. The zero-order valence-corrected chi connectivity index (χ0v) is 17.9. The average molecular weight is 452 g/mol. The van der Waals surface area contributed by atoms with Gasteiger partial charge in [-0.05, 0) is 25.5 Å². The van der Waals surface area contributed by atoms with E-state index in [1.165, 1.54) is 0 Å². The highest BCUT2D eigenvalue weighted by Gasteiger charge is 2.41. The smallest absolute Gasteiger partial charge is 0.381 e. The van der Waals surface area contributed by atoms with Gasteiger partial charge < -0.3 is 14.8 Å². The molecule has 0 spiro atoms. The lowest BCUT2D eigenvalue weighted by molar-refractivity contribution is -0.143. The average Bonchev–Trinajstić information content (AvgIpc) is 3.45. The lowest BCUT2D eigenvalue weighted by Gasteiger charge is -2.37. The van der Waals surface area contributed by atoms with E-state index in [1.807, 2.05) is 6.92 Å². The minimum atomic E-state index is -4.74. The predicted octanol–water partition coefficient (Wildman–Crippen LogP) is 2.67. The standard InChI is InChI=1S/C22H27F3N4O3/c1-15-2-4-17(5-3-15)29-20(22(23,24)25)18(12-27-29)21(30)26-13-19(16-6-9-32-14-16)28-7-10-31-11-8-28/h2-5,12,16,19H,6-11,13-14H2,1H3,(H,26,30). The Balaban J connectivity index is 1.55. The molecule has 32 heavy (non-hydrogen) atoms. The Morgan fingerprint density at radius 2 is 1.91 bits per heavy atom. The van der Waals surface area contributed by atoms with Gasteiger partial charge in [-0.15, -0.1) is 0 Å². The molecule has 10 heteroatoms. The van der Waals surface area contributed by atoms with E-state index in [0.29, 0.717) is 26.4 Å². The number of rotatable bonds is 6. The topological polar surface area (TPSA) is 68.6 Å². The van der Waals surface area contributed by atoms with Gasteiger partial charge in [-0.25, -0.2) is 4.68 Å². The van der Waals surface area contributed by atoms with E-state index < -0.39 is 23.3 Å². The van der Waals surface area contributed by atoms with Crippen LogP contribution in [0.3, 0.4) is 0 Å². The van der Waals surface area contributed by atoms with Gasteiger partial charge in [0.05, 0.1) is 37.3 Å². The van der Waals surface area contributed by atoms with Gasteiger partial charge >= 0.3 is 6.18 Å². The van der Waals surface area contributed by atoms with Crippen LogP contribution in [-0.4, -0.2) is 72.7 Å². The van der Waals surface area contributed by atoms with Crippen LogP contribution in [0.1, 0.15) is 28.0 Å². The fraction of sp³-hybridized carbons (Fsp3) is 0.545. The lowest BCUT2D eigenvalue weighted by Crippen LogP contribution is -2.52. The summed E-state index contributed by atoms with van der Waals surface area (Å²) >= 11 is 0. The molecule has 0 aliphatic carbocycles. The van der Waals surface area contributed by atoms with Crippen molar-refractivity contribution in [2.24, 2.45) is 5.92 Å². The molecular formula is C22H27F3N4O3. The Morgan fingerprint density at radius 3 is 2.53 bits per heavy atom. The van der Waals surface area contributed by atoms with E-state index in [9.17, 15) is 18.0 Å². The van der Waals surface area contributed by atoms with Crippen LogP contribution in [0.15, 0.2) is 30.5 Å². The molecule has 3 heterocycles. The molecule has 7 nitrogen and oxygen atoms in total. The molecule has 2 unspecified atom stereocenters. The first-order chi connectivity index (χ1) is 15.3. The van der Waals surface area contributed by atoms with Crippen LogP contribution in [0.4, 0.5) is 13.2 Å². The molecule has 2 aliphatic heterocycles. The molecule has 0 saturated carbocycles. The second-order valence-electron chi connectivity index (χ2n) is 8.20. The van der Waals surface area contributed by atoms with Crippen molar-refractivity contribution < 1.29 is 27.4 Å². The van der Waals surface area contributed by atoms with Crippen LogP contribution in [-0.2, 0) is 15.7 Å². The van der Waals surface area contributed by atoms with Gasteiger partial charge in [0.1, 0.15) is 0 Å². The molecule has 1 amide bonds. The van der Waals surface area contributed by atoms with Crippen molar-refractivity contribution >= 4 is 5.91 Å². The molecule has 2 aliphatic rings. The fourth-order valence-electron chi connectivity index (χ4n) is 4.32. The maximum atomic E-state index is 13.9. The molecule has 174 valence electrons. The highest BCUT2D eigenvalue weighted by Crippen LogP contribution is 2.34. The summed E-state index contributed by atoms with van der Waals surface area (Å²) in [6.45, 7) is 5.94. The molecule has 0 bridgehead atoms. The molecule has 2 fully saturated rings. The van der Waals surface area contributed by atoms with Crippen LogP contribution in [0.5, 0.6) is 0 Å². The Morgan fingerprint density at radius 1 is 1.19 bits per heavy atom. The van der Waals surface area contributed by atoms with Crippen molar-refractivity contribution in [1.82, 2.24) is 20.0 Å². The SMILES string of the molecule is Cc1ccc(-n2ncc(C(=O)NCC(C3CCOC3)N3CCOCC3)c2C(F)(F)F)cc1. The Bertz CT molecular complexity index is 917.